The third-order valence-corrected chi connectivity index (χ3v) is 3.44. The Bertz CT molecular complexity index is 346. The van der Waals surface area contributed by atoms with Crippen molar-refractivity contribution in [2.75, 3.05) is 33.7 Å². The van der Waals surface area contributed by atoms with E-state index in [4.69, 9.17) is 0 Å². The van der Waals surface area contributed by atoms with Gasteiger partial charge in [0, 0.05) is 43.6 Å². The van der Waals surface area contributed by atoms with Gasteiger partial charge < -0.3 is 14.9 Å². The van der Waals surface area contributed by atoms with Crippen LogP contribution in [-0.2, 0) is 0 Å². The van der Waals surface area contributed by atoms with Crippen LogP contribution in [0.25, 0.3) is 0 Å². The minimum atomic E-state index is -0.477. The number of aliphatic hydroxyl groups excluding tert-OH is 1. The SMILES string of the molecule is CN1CCN(C)C(CC(O)c2cncnc2)C1. The molecule has 5 nitrogen and oxygen atoms in total. The van der Waals surface area contributed by atoms with Gasteiger partial charge in [0.1, 0.15) is 6.33 Å². The van der Waals surface area contributed by atoms with E-state index in [1.807, 2.05) is 0 Å². The molecule has 0 saturated carbocycles. The molecule has 1 aliphatic heterocycles. The lowest BCUT2D eigenvalue weighted by atomic mass is 10.0. The van der Waals surface area contributed by atoms with Crippen LogP contribution in [0.15, 0.2) is 18.7 Å². The maximum atomic E-state index is 10.2. The topological polar surface area (TPSA) is 52.5 Å². The van der Waals surface area contributed by atoms with E-state index < -0.39 is 6.10 Å². The fourth-order valence-corrected chi connectivity index (χ4v) is 2.23. The first kappa shape index (κ1) is 12.4. The number of likely N-dealkylation sites (N-methyl/N-ethyl adjacent to an activating group) is 2. The summed E-state index contributed by atoms with van der Waals surface area (Å²) in [4.78, 5) is 12.5. The molecule has 0 bridgehead atoms. The fraction of sp³-hybridized carbons (Fsp3) is 0.667. The van der Waals surface area contributed by atoms with Crippen LogP contribution in [0.1, 0.15) is 18.1 Å². The average molecular weight is 236 g/mol. The van der Waals surface area contributed by atoms with Crippen LogP contribution in [0.5, 0.6) is 0 Å². The summed E-state index contributed by atoms with van der Waals surface area (Å²) >= 11 is 0. The van der Waals surface area contributed by atoms with Gasteiger partial charge >= 0.3 is 0 Å². The first-order valence-electron chi connectivity index (χ1n) is 5.98. The van der Waals surface area contributed by atoms with Gasteiger partial charge in [0.2, 0.25) is 0 Å². The molecule has 2 atom stereocenters. The Morgan fingerprint density at radius 3 is 2.76 bits per heavy atom. The fourth-order valence-electron chi connectivity index (χ4n) is 2.23. The van der Waals surface area contributed by atoms with E-state index in [-0.39, 0.29) is 0 Å². The number of rotatable bonds is 3. The Morgan fingerprint density at radius 2 is 2.06 bits per heavy atom. The van der Waals surface area contributed by atoms with Crippen LogP contribution in [0.3, 0.4) is 0 Å². The monoisotopic (exact) mass is 236 g/mol. The number of nitrogens with zero attached hydrogens (tertiary/aromatic N) is 4. The molecule has 17 heavy (non-hydrogen) atoms. The zero-order valence-electron chi connectivity index (χ0n) is 10.5. The molecule has 1 N–H and O–H groups in total. The number of aromatic nitrogens is 2. The second kappa shape index (κ2) is 5.53. The Hall–Kier alpha value is -1.04. The van der Waals surface area contributed by atoms with Crippen molar-refractivity contribution >= 4 is 0 Å². The van der Waals surface area contributed by atoms with Crippen molar-refractivity contribution in [1.29, 1.82) is 0 Å². The summed E-state index contributed by atoms with van der Waals surface area (Å²) in [7, 11) is 4.24. The zero-order valence-corrected chi connectivity index (χ0v) is 10.5. The van der Waals surface area contributed by atoms with Gasteiger partial charge in [-0.05, 0) is 20.5 Å². The van der Waals surface area contributed by atoms with E-state index in [0.29, 0.717) is 6.04 Å². The normalized spacial score (nSPS) is 24.8. The molecule has 0 spiro atoms. The minimum absolute atomic E-state index is 0.393. The summed E-state index contributed by atoms with van der Waals surface area (Å²) in [5.74, 6) is 0. The van der Waals surface area contributed by atoms with Gasteiger partial charge in [0.25, 0.3) is 0 Å². The molecule has 0 radical (unpaired) electrons. The predicted octanol–water partition coefficient (Wildman–Crippen LogP) is 0.146. The van der Waals surface area contributed by atoms with Crippen molar-refractivity contribution in [2.24, 2.45) is 0 Å². The second-order valence-corrected chi connectivity index (χ2v) is 4.82. The second-order valence-electron chi connectivity index (χ2n) is 4.82. The van der Waals surface area contributed by atoms with Crippen molar-refractivity contribution in [3.8, 4) is 0 Å². The average Bonchev–Trinajstić information content (AvgIpc) is 2.35. The Labute approximate surface area is 102 Å². The minimum Gasteiger partial charge on any atom is -0.388 e. The standard InChI is InChI=1S/C12H20N4O/c1-15-3-4-16(2)11(8-15)5-12(17)10-6-13-9-14-7-10/h6-7,9,11-12,17H,3-5,8H2,1-2H3. The van der Waals surface area contributed by atoms with E-state index in [2.05, 4.69) is 33.9 Å². The van der Waals surface area contributed by atoms with Crippen LogP contribution in [0.2, 0.25) is 0 Å². The molecule has 1 aromatic heterocycles. The van der Waals surface area contributed by atoms with E-state index in [0.717, 1.165) is 31.6 Å². The molecule has 1 aromatic rings. The lowest BCUT2D eigenvalue weighted by Crippen LogP contribution is -2.50. The van der Waals surface area contributed by atoms with Gasteiger partial charge in [-0.15, -0.1) is 0 Å². The molecule has 0 aromatic carbocycles. The zero-order chi connectivity index (χ0) is 12.3. The first-order valence-corrected chi connectivity index (χ1v) is 5.98. The summed E-state index contributed by atoms with van der Waals surface area (Å²) in [6, 6.07) is 0.393. The highest BCUT2D eigenvalue weighted by Crippen LogP contribution is 2.20. The Kier molecular flexibility index (Phi) is 4.04. The summed E-state index contributed by atoms with van der Waals surface area (Å²) in [5, 5.41) is 10.2. The molecule has 2 rings (SSSR count). The van der Waals surface area contributed by atoms with Gasteiger partial charge in [0.15, 0.2) is 0 Å². The van der Waals surface area contributed by atoms with Crippen LogP contribution in [0, 0.1) is 0 Å². The number of hydrogen-bond donors (Lipinski definition) is 1. The molecule has 94 valence electrons. The third kappa shape index (κ3) is 3.21. The van der Waals surface area contributed by atoms with Gasteiger partial charge in [-0.25, -0.2) is 9.97 Å². The third-order valence-electron chi connectivity index (χ3n) is 3.44. The number of aliphatic hydroxyl groups is 1. The van der Waals surface area contributed by atoms with Crippen molar-refractivity contribution in [1.82, 2.24) is 19.8 Å². The van der Waals surface area contributed by atoms with Gasteiger partial charge in [-0.1, -0.05) is 0 Å². The van der Waals surface area contributed by atoms with E-state index >= 15 is 0 Å². The summed E-state index contributed by atoms with van der Waals surface area (Å²) in [6.45, 7) is 3.15. The van der Waals surface area contributed by atoms with Crippen LogP contribution in [-0.4, -0.2) is 64.6 Å². The molecule has 2 unspecified atom stereocenters. The molecule has 0 aliphatic carbocycles. The molecular formula is C12H20N4O. The highest BCUT2D eigenvalue weighted by molar-refractivity contribution is 5.07. The van der Waals surface area contributed by atoms with Crippen LogP contribution >= 0.6 is 0 Å². The summed E-state index contributed by atoms with van der Waals surface area (Å²) in [6.07, 6.45) is 5.11. The maximum Gasteiger partial charge on any atom is 0.115 e. The lowest BCUT2D eigenvalue weighted by Gasteiger charge is -2.38. The smallest absolute Gasteiger partial charge is 0.115 e. The molecule has 1 fully saturated rings. The van der Waals surface area contributed by atoms with Crippen molar-refractivity contribution < 1.29 is 5.11 Å². The molecule has 2 heterocycles. The highest BCUT2D eigenvalue weighted by atomic mass is 16.3. The van der Waals surface area contributed by atoms with E-state index in [9.17, 15) is 5.11 Å². The Morgan fingerprint density at radius 1 is 1.35 bits per heavy atom. The highest BCUT2D eigenvalue weighted by Gasteiger charge is 2.25. The maximum absolute atomic E-state index is 10.2. The van der Waals surface area contributed by atoms with Crippen LogP contribution < -0.4 is 0 Å². The molecule has 0 amide bonds. The van der Waals surface area contributed by atoms with E-state index in [1.54, 1.807) is 12.4 Å². The van der Waals surface area contributed by atoms with Gasteiger partial charge in [-0.3, -0.25) is 0 Å². The molecular weight excluding hydrogens is 216 g/mol. The van der Waals surface area contributed by atoms with Crippen molar-refractivity contribution in [3.63, 3.8) is 0 Å². The van der Waals surface area contributed by atoms with Crippen molar-refractivity contribution in [3.05, 3.63) is 24.3 Å². The summed E-state index contributed by atoms with van der Waals surface area (Å²) < 4.78 is 0. The number of piperazine rings is 1. The molecule has 5 heteroatoms. The summed E-state index contributed by atoms with van der Waals surface area (Å²) in [5.41, 5.74) is 0.800. The van der Waals surface area contributed by atoms with Gasteiger partial charge in [0.05, 0.1) is 6.10 Å². The van der Waals surface area contributed by atoms with Crippen LogP contribution in [0.4, 0.5) is 0 Å². The first-order chi connectivity index (χ1) is 8.16. The molecule has 1 saturated heterocycles. The lowest BCUT2D eigenvalue weighted by molar-refractivity contribution is 0.0632. The van der Waals surface area contributed by atoms with Crippen molar-refractivity contribution in [2.45, 2.75) is 18.6 Å². The van der Waals surface area contributed by atoms with Gasteiger partial charge in [-0.2, -0.15) is 0 Å². The molecule has 1 aliphatic rings. The predicted molar refractivity (Wildman–Crippen MR) is 65.5 cm³/mol. The largest absolute Gasteiger partial charge is 0.388 e. The van der Waals surface area contributed by atoms with E-state index in [1.165, 1.54) is 6.33 Å². The number of hydrogen-bond acceptors (Lipinski definition) is 5. The quantitative estimate of drug-likeness (QED) is 0.809. The Balaban J connectivity index is 1.96.